The third-order valence-corrected chi connectivity index (χ3v) is 1.92. The molecule has 60 valence electrons. The van der Waals surface area contributed by atoms with E-state index in [1.54, 1.807) is 0 Å². The van der Waals surface area contributed by atoms with Gasteiger partial charge in [0.05, 0.1) is 6.61 Å². The van der Waals surface area contributed by atoms with Crippen LogP contribution >= 0.6 is 0 Å². The second-order valence-corrected chi connectivity index (χ2v) is 3.01. The number of hydrogen-bond donors (Lipinski definition) is 2. The van der Waals surface area contributed by atoms with E-state index in [1.165, 1.54) is 0 Å². The fourth-order valence-corrected chi connectivity index (χ4v) is 1.18. The molecular formula is C7H16N2O. The summed E-state index contributed by atoms with van der Waals surface area (Å²) in [7, 11) is 2.05. The van der Waals surface area contributed by atoms with E-state index in [2.05, 4.69) is 17.3 Å². The number of rotatable bonds is 4. The van der Waals surface area contributed by atoms with Crippen molar-refractivity contribution in [2.45, 2.75) is 0 Å². The first kappa shape index (κ1) is 7.98. The zero-order chi connectivity index (χ0) is 7.40. The predicted molar refractivity (Wildman–Crippen MR) is 40.9 cm³/mol. The highest BCUT2D eigenvalue weighted by molar-refractivity contribution is 4.76. The highest BCUT2D eigenvalue weighted by atomic mass is 16.3. The van der Waals surface area contributed by atoms with Crippen molar-refractivity contribution in [3.63, 3.8) is 0 Å². The molecule has 0 aromatic carbocycles. The van der Waals surface area contributed by atoms with Gasteiger partial charge in [-0.25, -0.2) is 0 Å². The fourth-order valence-electron chi connectivity index (χ4n) is 1.18. The molecule has 3 nitrogen and oxygen atoms in total. The van der Waals surface area contributed by atoms with Crippen molar-refractivity contribution in [3.05, 3.63) is 0 Å². The van der Waals surface area contributed by atoms with Crippen molar-refractivity contribution < 1.29 is 5.11 Å². The Labute approximate surface area is 62.0 Å². The fraction of sp³-hybridized carbons (Fsp3) is 1.00. The van der Waals surface area contributed by atoms with Crippen molar-refractivity contribution in [1.82, 2.24) is 10.2 Å². The molecule has 10 heavy (non-hydrogen) atoms. The summed E-state index contributed by atoms with van der Waals surface area (Å²) in [5, 5.41) is 11.8. The molecule has 1 rings (SSSR count). The third-order valence-electron chi connectivity index (χ3n) is 1.92. The van der Waals surface area contributed by atoms with E-state index in [4.69, 9.17) is 5.11 Å². The Balaban J connectivity index is 1.99. The second-order valence-electron chi connectivity index (χ2n) is 3.01. The molecule has 1 aliphatic heterocycles. The van der Waals surface area contributed by atoms with Gasteiger partial charge in [-0.1, -0.05) is 0 Å². The van der Waals surface area contributed by atoms with Crippen LogP contribution in [0.5, 0.6) is 0 Å². The van der Waals surface area contributed by atoms with Gasteiger partial charge in [-0.15, -0.1) is 0 Å². The van der Waals surface area contributed by atoms with Gasteiger partial charge in [0.2, 0.25) is 0 Å². The number of likely N-dealkylation sites (N-methyl/N-ethyl adjacent to an activating group) is 1. The summed E-state index contributed by atoms with van der Waals surface area (Å²) in [5.41, 5.74) is 0. The summed E-state index contributed by atoms with van der Waals surface area (Å²) in [5.74, 6) is 0.816. The highest BCUT2D eigenvalue weighted by Crippen LogP contribution is 2.03. The van der Waals surface area contributed by atoms with Crippen LogP contribution in [0.2, 0.25) is 0 Å². The molecule has 0 bridgehead atoms. The van der Waals surface area contributed by atoms with Crippen molar-refractivity contribution in [3.8, 4) is 0 Å². The molecule has 0 spiro atoms. The minimum absolute atomic E-state index is 0.274. The number of hydrogen-bond acceptors (Lipinski definition) is 3. The first-order valence-corrected chi connectivity index (χ1v) is 3.83. The Morgan fingerprint density at radius 2 is 2.30 bits per heavy atom. The van der Waals surface area contributed by atoms with Crippen LogP contribution in [0.15, 0.2) is 0 Å². The van der Waals surface area contributed by atoms with Gasteiger partial charge in [0, 0.05) is 26.2 Å². The molecule has 0 radical (unpaired) electrons. The molecule has 1 heterocycles. The number of aliphatic hydroxyl groups excluding tert-OH is 1. The molecule has 2 N–H and O–H groups in total. The maximum absolute atomic E-state index is 8.58. The minimum atomic E-state index is 0.274. The molecule has 1 aliphatic rings. The Kier molecular flexibility index (Phi) is 3.12. The van der Waals surface area contributed by atoms with Gasteiger partial charge in [0.1, 0.15) is 0 Å². The van der Waals surface area contributed by atoms with Gasteiger partial charge < -0.3 is 15.3 Å². The van der Waals surface area contributed by atoms with Crippen LogP contribution in [0, 0.1) is 5.92 Å². The quantitative estimate of drug-likeness (QED) is 0.538. The normalized spacial score (nSPS) is 19.5. The Bertz CT molecular complexity index is 93.6. The first-order valence-electron chi connectivity index (χ1n) is 3.83. The van der Waals surface area contributed by atoms with E-state index in [9.17, 15) is 0 Å². The van der Waals surface area contributed by atoms with Gasteiger partial charge in [0.25, 0.3) is 0 Å². The summed E-state index contributed by atoms with van der Waals surface area (Å²) in [6, 6.07) is 0. The summed E-state index contributed by atoms with van der Waals surface area (Å²) < 4.78 is 0. The molecule has 0 amide bonds. The summed E-state index contributed by atoms with van der Waals surface area (Å²) in [4.78, 5) is 2.17. The topological polar surface area (TPSA) is 35.5 Å². The van der Waals surface area contributed by atoms with E-state index in [-0.39, 0.29) is 6.61 Å². The van der Waals surface area contributed by atoms with E-state index in [1.807, 2.05) is 0 Å². The zero-order valence-electron chi connectivity index (χ0n) is 6.51. The molecule has 0 aliphatic carbocycles. The van der Waals surface area contributed by atoms with Crippen molar-refractivity contribution >= 4 is 0 Å². The monoisotopic (exact) mass is 144 g/mol. The summed E-state index contributed by atoms with van der Waals surface area (Å²) in [6.07, 6.45) is 0. The van der Waals surface area contributed by atoms with E-state index >= 15 is 0 Å². The standard InChI is InChI=1S/C7H16N2O/c1-9(2-3-10)6-7-4-8-5-7/h7-8,10H,2-6H2,1H3. The molecule has 3 heteroatoms. The van der Waals surface area contributed by atoms with E-state index in [0.717, 1.165) is 32.1 Å². The Hall–Kier alpha value is -0.120. The van der Waals surface area contributed by atoms with Crippen LogP contribution in [0.4, 0.5) is 0 Å². The SMILES string of the molecule is CN(CCO)CC1CNC1. The number of nitrogens with one attached hydrogen (secondary N) is 1. The second kappa shape index (κ2) is 3.91. The van der Waals surface area contributed by atoms with E-state index < -0.39 is 0 Å². The smallest absolute Gasteiger partial charge is 0.0558 e. The van der Waals surface area contributed by atoms with Crippen LogP contribution in [-0.2, 0) is 0 Å². The van der Waals surface area contributed by atoms with Crippen molar-refractivity contribution in [2.75, 3.05) is 39.8 Å². The van der Waals surface area contributed by atoms with Crippen LogP contribution in [0.1, 0.15) is 0 Å². The lowest BCUT2D eigenvalue weighted by Crippen LogP contribution is -2.47. The lowest BCUT2D eigenvalue weighted by atomic mass is 10.0. The average Bonchev–Trinajstić information content (AvgIpc) is 1.80. The maximum Gasteiger partial charge on any atom is 0.0558 e. The van der Waals surface area contributed by atoms with Crippen molar-refractivity contribution in [2.24, 2.45) is 5.92 Å². The Morgan fingerprint density at radius 1 is 1.60 bits per heavy atom. The molecule has 0 aromatic heterocycles. The predicted octanol–water partition coefficient (Wildman–Crippen LogP) is -0.870. The summed E-state index contributed by atoms with van der Waals surface area (Å²) in [6.45, 7) is 4.49. The maximum atomic E-state index is 8.58. The molecule has 0 unspecified atom stereocenters. The van der Waals surface area contributed by atoms with Crippen LogP contribution < -0.4 is 5.32 Å². The van der Waals surface area contributed by atoms with Gasteiger partial charge in [-0.3, -0.25) is 0 Å². The molecule has 1 fully saturated rings. The number of nitrogens with zero attached hydrogens (tertiary/aromatic N) is 1. The third kappa shape index (κ3) is 2.25. The average molecular weight is 144 g/mol. The largest absolute Gasteiger partial charge is 0.395 e. The Morgan fingerprint density at radius 3 is 2.70 bits per heavy atom. The molecule has 0 saturated carbocycles. The molecule has 0 aromatic rings. The van der Waals surface area contributed by atoms with Crippen LogP contribution in [-0.4, -0.2) is 49.8 Å². The van der Waals surface area contributed by atoms with Crippen molar-refractivity contribution in [1.29, 1.82) is 0 Å². The lowest BCUT2D eigenvalue weighted by molar-refractivity contribution is 0.180. The summed E-state index contributed by atoms with van der Waals surface area (Å²) >= 11 is 0. The highest BCUT2D eigenvalue weighted by Gasteiger charge is 2.17. The zero-order valence-corrected chi connectivity index (χ0v) is 6.51. The van der Waals surface area contributed by atoms with Gasteiger partial charge in [-0.2, -0.15) is 0 Å². The molecule has 1 saturated heterocycles. The lowest BCUT2D eigenvalue weighted by Gasteiger charge is -2.30. The first-order chi connectivity index (χ1) is 4.83. The minimum Gasteiger partial charge on any atom is -0.395 e. The van der Waals surface area contributed by atoms with E-state index in [0.29, 0.717) is 0 Å². The van der Waals surface area contributed by atoms with Crippen LogP contribution in [0.3, 0.4) is 0 Å². The van der Waals surface area contributed by atoms with Gasteiger partial charge >= 0.3 is 0 Å². The van der Waals surface area contributed by atoms with Gasteiger partial charge in [0.15, 0.2) is 0 Å². The van der Waals surface area contributed by atoms with Crippen LogP contribution in [0.25, 0.3) is 0 Å². The van der Waals surface area contributed by atoms with Gasteiger partial charge in [-0.05, 0) is 13.0 Å². The number of aliphatic hydroxyl groups is 1. The molecular weight excluding hydrogens is 128 g/mol. The molecule has 0 atom stereocenters.